The van der Waals surface area contributed by atoms with E-state index in [9.17, 15) is 14.4 Å². The lowest BCUT2D eigenvalue weighted by atomic mass is 10.1. The van der Waals surface area contributed by atoms with E-state index >= 15 is 0 Å². The van der Waals surface area contributed by atoms with Crippen LogP contribution in [0, 0.1) is 6.92 Å². The Kier molecular flexibility index (Phi) is 3.71. The van der Waals surface area contributed by atoms with Crippen molar-refractivity contribution in [2.24, 2.45) is 0 Å². The van der Waals surface area contributed by atoms with Crippen LogP contribution in [0.2, 0.25) is 0 Å². The van der Waals surface area contributed by atoms with Crippen molar-refractivity contribution >= 4 is 33.7 Å². The number of piperazine rings is 1. The van der Waals surface area contributed by atoms with Crippen LogP contribution in [0.15, 0.2) is 22.7 Å². The molecule has 2 rings (SSSR count). The van der Waals surface area contributed by atoms with E-state index in [-0.39, 0.29) is 12.5 Å². The van der Waals surface area contributed by atoms with Gasteiger partial charge < -0.3 is 4.90 Å². The highest BCUT2D eigenvalue weighted by atomic mass is 79.9. The van der Waals surface area contributed by atoms with Gasteiger partial charge in [-0.15, -0.1) is 0 Å². The van der Waals surface area contributed by atoms with Gasteiger partial charge in [0.2, 0.25) is 11.8 Å². The largest absolute Gasteiger partial charge is 0.318 e. The summed E-state index contributed by atoms with van der Waals surface area (Å²) in [6, 6.07) is 4.62. The molecular weight excluding hydrogens is 312 g/mol. The standard InChI is InChI=1S/C13H13BrN2O3/c1-7-9(4-3-5-10(7)14)13(19)16-6-11(17)15-12(18)8(16)2/h3-5,8H,6H2,1-2H3,(H,15,17,18). The third-order valence-electron chi connectivity index (χ3n) is 3.18. The van der Waals surface area contributed by atoms with Gasteiger partial charge in [0.25, 0.3) is 5.91 Å². The molecule has 1 atom stereocenters. The van der Waals surface area contributed by atoms with Crippen molar-refractivity contribution in [1.29, 1.82) is 0 Å². The van der Waals surface area contributed by atoms with Crippen LogP contribution in [0.4, 0.5) is 0 Å². The van der Waals surface area contributed by atoms with Gasteiger partial charge in [0.05, 0.1) is 0 Å². The number of benzene rings is 1. The molecule has 1 aliphatic heterocycles. The number of amides is 3. The number of hydrogen-bond donors (Lipinski definition) is 1. The van der Waals surface area contributed by atoms with E-state index in [4.69, 9.17) is 0 Å². The van der Waals surface area contributed by atoms with Gasteiger partial charge in [-0.1, -0.05) is 22.0 Å². The molecule has 0 spiro atoms. The Morgan fingerprint density at radius 1 is 1.42 bits per heavy atom. The Hall–Kier alpha value is -1.69. The van der Waals surface area contributed by atoms with Gasteiger partial charge in [-0.3, -0.25) is 19.7 Å². The van der Waals surface area contributed by atoms with Gasteiger partial charge in [0.15, 0.2) is 0 Å². The molecule has 0 bridgehead atoms. The van der Waals surface area contributed by atoms with Crippen LogP contribution < -0.4 is 5.32 Å². The average molecular weight is 325 g/mol. The van der Waals surface area contributed by atoms with Crippen molar-refractivity contribution < 1.29 is 14.4 Å². The van der Waals surface area contributed by atoms with E-state index in [1.165, 1.54) is 4.90 Å². The van der Waals surface area contributed by atoms with E-state index in [0.717, 1.165) is 10.0 Å². The van der Waals surface area contributed by atoms with Gasteiger partial charge in [-0.2, -0.15) is 0 Å². The fraction of sp³-hybridized carbons (Fsp3) is 0.308. The van der Waals surface area contributed by atoms with Crippen molar-refractivity contribution in [3.8, 4) is 0 Å². The molecule has 1 N–H and O–H groups in total. The number of imide groups is 1. The summed E-state index contributed by atoms with van der Waals surface area (Å²) in [5, 5.41) is 2.21. The first-order valence-electron chi connectivity index (χ1n) is 5.81. The zero-order chi connectivity index (χ0) is 14.2. The molecule has 1 fully saturated rings. The Labute approximate surface area is 119 Å². The highest BCUT2D eigenvalue weighted by Gasteiger charge is 2.34. The number of nitrogens with zero attached hydrogens (tertiary/aromatic N) is 1. The monoisotopic (exact) mass is 324 g/mol. The van der Waals surface area contributed by atoms with Crippen molar-refractivity contribution in [1.82, 2.24) is 10.2 Å². The van der Waals surface area contributed by atoms with E-state index in [1.807, 2.05) is 13.0 Å². The highest BCUT2D eigenvalue weighted by Crippen LogP contribution is 2.22. The lowest BCUT2D eigenvalue weighted by Gasteiger charge is -2.32. The third-order valence-corrected chi connectivity index (χ3v) is 4.04. The van der Waals surface area contributed by atoms with Crippen LogP contribution in [0.25, 0.3) is 0 Å². The van der Waals surface area contributed by atoms with Crippen molar-refractivity contribution in [3.05, 3.63) is 33.8 Å². The molecule has 0 saturated carbocycles. The summed E-state index contributed by atoms with van der Waals surface area (Å²) in [7, 11) is 0. The SMILES string of the molecule is Cc1c(Br)cccc1C(=O)N1CC(=O)NC(=O)C1C. The molecule has 5 nitrogen and oxygen atoms in total. The molecule has 0 aromatic heterocycles. The van der Waals surface area contributed by atoms with Crippen molar-refractivity contribution in [2.45, 2.75) is 19.9 Å². The molecule has 1 unspecified atom stereocenters. The number of carbonyl (C=O) groups is 3. The molecule has 1 saturated heterocycles. The van der Waals surface area contributed by atoms with Crippen molar-refractivity contribution in [2.75, 3.05) is 6.54 Å². The van der Waals surface area contributed by atoms with Gasteiger partial charge in [0, 0.05) is 10.0 Å². The first-order valence-corrected chi connectivity index (χ1v) is 6.61. The van der Waals surface area contributed by atoms with Crippen molar-refractivity contribution in [3.63, 3.8) is 0 Å². The van der Waals surface area contributed by atoms with E-state index < -0.39 is 17.9 Å². The summed E-state index contributed by atoms with van der Waals surface area (Å²) in [6.45, 7) is 3.32. The number of nitrogens with one attached hydrogen (secondary N) is 1. The highest BCUT2D eigenvalue weighted by molar-refractivity contribution is 9.10. The first-order chi connectivity index (χ1) is 8.91. The molecule has 0 aliphatic carbocycles. The van der Waals surface area contributed by atoms with E-state index in [2.05, 4.69) is 21.2 Å². The van der Waals surface area contributed by atoms with Crippen LogP contribution in [-0.4, -0.2) is 35.2 Å². The number of hydrogen-bond acceptors (Lipinski definition) is 3. The summed E-state index contributed by atoms with van der Waals surface area (Å²) < 4.78 is 0.818. The predicted octanol–water partition coefficient (Wildman–Crippen LogP) is 1.24. The van der Waals surface area contributed by atoms with E-state index in [1.54, 1.807) is 19.1 Å². The second-order valence-electron chi connectivity index (χ2n) is 4.43. The molecule has 100 valence electrons. The molecule has 1 aromatic rings. The Bertz CT molecular complexity index is 571. The van der Waals surface area contributed by atoms with Gasteiger partial charge in [-0.05, 0) is 31.5 Å². The molecule has 19 heavy (non-hydrogen) atoms. The maximum Gasteiger partial charge on any atom is 0.255 e. The molecule has 3 amide bonds. The minimum atomic E-state index is -0.649. The van der Waals surface area contributed by atoms with Gasteiger partial charge >= 0.3 is 0 Å². The topological polar surface area (TPSA) is 66.5 Å². The summed E-state index contributed by atoms with van der Waals surface area (Å²) in [4.78, 5) is 36.7. The van der Waals surface area contributed by atoms with Gasteiger partial charge in [0.1, 0.15) is 12.6 Å². The summed E-state index contributed by atoms with van der Waals surface area (Å²) in [6.07, 6.45) is 0. The quantitative estimate of drug-likeness (QED) is 0.790. The Morgan fingerprint density at radius 2 is 2.11 bits per heavy atom. The summed E-state index contributed by atoms with van der Waals surface area (Å²) in [5.41, 5.74) is 1.28. The third kappa shape index (κ3) is 2.53. The average Bonchev–Trinajstić information content (AvgIpc) is 2.36. The summed E-state index contributed by atoms with van der Waals surface area (Å²) in [5.74, 6) is -1.21. The second kappa shape index (κ2) is 5.13. The fourth-order valence-electron chi connectivity index (χ4n) is 1.96. The fourth-order valence-corrected chi connectivity index (χ4v) is 2.32. The lowest BCUT2D eigenvalue weighted by molar-refractivity contribution is -0.138. The predicted molar refractivity (Wildman–Crippen MR) is 72.5 cm³/mol. The summed E-state index contributed by atoms with van der Waals surface area (Å²) >= 11 is 3.36. The van der Waals surface area contributed by atoms with Crippen LogP contribution in [0.1, 0.15) is 22.8 Å². The minimum Gasteiger partial charge on any atom is -0.318 e. The maximum absolute atomic E-state index is 12.4. The van der Waals surface area contributed by atoms with E-state index in [0.29, 0.717) is 5.56 Å². The number of rotatable bonds is 1. The normalized spacial score (nSPS) is 19.3. The van der Waals surface area contributed by atoms with Crippen LogP contribution in [0.5, 0.6) is 0 Å². The first kappa shape index (κ1) is 13.7. The zero-order valence-electron chi connectivity index (χ0n) is 10.6. The lowest BCUT2D eigenvalue weighted by Crippen LogP contribution is -2.58. The smallest absolute Gasteiger partial charge is 0.255 e. The minimum absolute atomic E-state index is 0.0995. The molecule has 1 heterocycles. The number of halogens is 1. The molecule has 1 aliphatic rings. The van der Waals surface area contributed by atoms with Crippen LogP contribution in [-0.2, 0) is 9.59 Å². The zero-order valence-corrected chi connectivity index (χ0v) is 12.2. The Morgan fingerprint density at radius 3 is 2.79 bits per heavy atom. The molecule has 1 aromatic carbocycles. The maximum atomic E-state index is 12.4. The Balaban J connectivity index is 2.35. The van der Waals surface area contributed by atoms with Crippen LogP contribution in [0.3, 0.4) is 0 Å². The van der Waals surface area contributed by atoms with Gasteiger partial charge in [-0.25, -0.2) is 0 Å². The second-order valence-corrected chi connectivity index (χ2v) is 5.29. The molecule has 0 radical (unpaired) electrons. The van der Waals surface area contributed by atoms with Crippen LogP contribution >= 0.6 is 15.9 Å². The molecular formula is C13H13BrN2O3. The molecule has 6 heteroatoms. The number of carbonyl (C=O) groups excluding carboxylic acids is 3.